The van der Waals surface area contributed by atoms with Gasteiger partial charge in [0.1, 0.15) is 5.52 Å². The van der Waals surface area contributed by atoms with Gasteiger partial charge in [-0.1, -0.05) is 6.92 Å². The summed E-state index contributed by atoms with van der Waals surface area (Å²) in [7, 11) is 0. The van der Waals surface area contributed by atoms with Crippen LogP contribution in [-0.2, 0) is 0 Å². The van der Waals surface area contributed by atoms with Gasteiger partial charge in [0.25, 0.3) is 5.91 Å². The molecule has 5 nitrogen and oxygen atoms in total. The van der Waals surface area contributed by atoms with Crippen molar-refractivity contribution < 1.29 is 9.21 Å². The van der Waals surface area contributed by atoms with Crippen LogP contribution in [0.5, 0.6) is 0 Å². The number of rotatable bonds is 4. The summed E-state index contributed by atoms with van der Waals surface area (Å²) in [6, 6.07) is 5.53. The van der Waals surface area contributed by atoms with Crippen molar-refractivity contribution in [1.29, 1.82) is 0 Å². The highest BCUT2D eigenvalue weighted by atomic mass is 35.5. The smallest absolute Gasteiger partial charge is 0.289 e. The largest absolute Gasteiger partial charge is 0.449 e. The Morgan fingerprint density at radius 3 is 2.71 bits per heavy atom. The molecule has 1 N–H and O–H groups in total. The van der Waals surface area contributed by atoms with E-state index in [9.17, 15) is 4.79 Å². The molecule has 134 valence electrons. The molecule has 0 aromatic carbocycles. The van der Waals surface area contributed by atoms with Crippen LogP contribution in [0.25, 0.3) is 11.1 Å². The Balaban J connectivity index is 0.00000144. The first-order valence-electron chi connectivity index (χ1n) is 8.04. The lowest BCUT2D eigenvalue weighted by Crippen LogP contribution is -2.40. The van der Waals surface area contributed by atoms with Crippen molar-refractivity contribution in [2.45, 2.75) is 26.7 Å². The number of furan rings is 1. The van der Waals surface area contributed by atoms with E-state index >= 15 is 0 Å². The predicted octanol–water partition coefficient (Wildman–Crippen LogP) is 3.44. The fourth-order valence-electron chi connectivity index (χ4n) is 2.98. The van der Waals surface area contributed by atoms with Crippen LogP contribution in [0, 0.1) is 12.8 Å². The first-order valence-corrected chi connectivity index (χ1v) is 8.04. The monoisotopic (exact) mass is 373 g/mol. The minimum Gasteiger partial charge on any atom is -0.449 e. The molecule has 1 aliphatic heterocycles. The zero-order valence-corrected chi connectivity index (χ0v) is 15.7. The Morgan fingerprint density at radius 2 is 2.04 bits per heavy atom. The van der Waals surface area contributed by atoms with Gasteiger partial charge in [0.2, 0.25) is 0 Å². The summed E-state index contributed by atoms with van der Waals surface area (Å²) in [6.07, 6.45) is 2.10. The van der Waals surface area contributed by atoms with Crippen LogP contribution in [0.2, 0.25) is 0 Å². The number of carbonyl (C=O) groups is 1. The predicted molar refractivity (Wildman–Crippen MR) is 100 cm³/mol. The molecule has 3 heterocycles. The molecule has 24 heavy (non-hydrogen) atoms. The van der Waals surface area contributed by atoms with Crippen molar-refractivity contribution in [1.82, 2.24) is 15.2 Å². The number of pyridine rings is 1. The van der Waals surface area contributed by atoms with E-state index in [0.29, 0.717) is 17.3 Å². The van der Waals surface area contributed by atoms with Gasteiger partial charge in [0.05, 0.1) is 0 Å². The maximum Gasteiger partial charge on any atom is 0.289 e. The van der Waals surface area contributed by atoms with Gasteiger partial charge in [0.15, 0.2) is 11.3 Å². The first-order chi connectivity index (χ1) is 10.7. The normalized spacial score (nSPS) is 15.0. The van der Waals surface area contributed by atoms with Crippen molar-refractivity contribution in [2.24, 2.45) is 5.92 Å². The minimum absolute atomic E-state index is 0. The summed E-state index contributed by atoms with van der Waals surface area (Å²) in [5, 5.41) is 3.39. The van der Waals surface area contributed by atoms with Crippen LogP contribution < -0.4 is 5.32 Å². The second-order valence-corrected chi connectivity index (χ2v) is 5.99. The van der Waals surface area contributed by atoms with Crippen molar-refractivity contribution >= 4 is 41.8 Å². The number of aryl methyl sites for hydroxylation is 1. The topological polar surface area (TPSA) is 58.4 Å². The summed E-state index contributed by atoms with van der Waals surface area (Å²) in [6.45, 7) is 7.72. The molecular formula is C17H25Cl2N3O2. The highest BCUT2D eigenvalue weighted by Gasteiger charge is 2.25. The van der Waals surface area contributed by atoms with Gasteiger partial charge in [-0.25, -0.2) is 4.98 Å². The van der Waals surface area contributed by atoms with Crippen molar-refractivity contribution in [3.8, 4) is 0 Å². The third-order valence-electron chi connectivity index (χ3n) is 4.31. The molecule has 1 amide bonds. The van der Waals surface area contributed by atoms with E-state index < -0.39 is 0 Å². The van der Waals surface area contributed by atoms with Gasteiger partial charge >= 0.3 is 0 Å². The van der Waals surface area contributed by atoms with Crippen molar-refractivity contribution in [3.05, 3.63) is 29.7 Å². The third-order valence-corrected chi connectivity index (χ3v) is 4.31. The molecule has 0 saturated carbocycles. The Bertz CT molecular complexity index is 667. The summed E-state index contributed by atoms with van der Waals surface area (Å²) in [5.74, 6) is 1.06. The van der Waals surface area contributed by atoms with Gasteiger partial charge < -0.3 is 14.6 Å². The molecule has 1 fully saturated rings. The Hall–Kier alpha value is -1.30. The summed E-state index contributed by atoms with van der Waals surface area (Å²) < 4.78 is 5.66. The van der Waals surface area contributed by atoms with Gasteiger partial charge in [-0.3, -0.25) is 4.79 Å². The fraction of sp³-hybridized carbons (Fsp3) is 0.529. The summed E-state index contributed by atoms with van der Waals surface area (Å²) in [4.78, 5) is 18.9. The lowest BCUT2D eigenvalue weighted by molar-refractivity contribution is 0.0660. The summed E-state index contributed by atoms with van der Waals surface area (Å²) in [5.41, 5.74) is 2.36. The Kier molecular flexibility index (Phi) is 8.00. The van der Waals surface area contributed by atoms with E-state index in [-0.39, 0.29) is 30.7 Å². The van der Waals surface area contributed by atoms with Crippen LogP contribution in [0.4, 0.5) is 0 Å². The zero-order valence-electron chi connectivity index (χ0n) is 14.1. The molecule has 0 atom stereocenters. The second-order valence-electron chi connectivity index (χ2n) is 5.99. The number of fused-ring (bicyclic) bond motifs is 1. The van der Waals surface area contributed by atoms with Crippen LogP contribution in [0.3, 0.4) is 0 Å². The molecule has 3 rings (SSSR count). The number of hydrogen-bond donors (Lipinski definition) is 1. The van der Waals surface area contributed by atoms with Crippen LogP contribution in [-0.4, -0.2) is 42.0 Å². The highest BCUT2D eigenvalue weighted by molar-refractivity contribution is 5.95. The number of likely N-dealkylation sites (tertiary alicyclic amines) is 1. The average Bonchev–Trinajstić information content (AvgIpc) is 2.95. The van der Waals surface area contributed by atoms with E-state index in [1.807, 2.05) is 24.0 Å². The quantitative estimate of drug-likeness (QED) is 0.891. The van der Waals surface area contributed by atoms with E-state index in [4.69, 9.17) is 4.42 Å². The van der Waals surface area contributed by atoms with Gasteiger partial charge in [-0.15, -0.1) is 24.8 Å². The molecule has 1 saturated heterocycles. The number of nitrogens with zero attached hydrogens (tertiary/aromatic N) is 2. The summed E-state index contributed by atoms with van der Waals surface area (Å²) >= 11 is 0. The van der Waals surface area contributed by atoms with Crippen LogP contribution in [0.1, 0.15) is 36.0 Å². The number of halogens is 2. The lowest BCUT2D eigenvalue weighted by Gasteiger charge is -2.31. The molecule has 0 unspecified atom stereocenters. The van der Waals surface area contributed by atoms with E-state index in [2.05, 4.69) is 17.2 Å². The van der Waals surface area contributed by atoms with Crippen molar-refractivity contribution in [2.75, 3.05) is 26.2 Å². The fourth-order valence-corrected chi connectivity index (χ4v) is 2.98. The number of carbonyl (C=O) groups excluding carboxylic acids is 1. The average molecular weight is 374 g/mol. The molecule has 2 aromatic heterocycles. The highest BCUT2D eigenvalue weighted by Crippen LogP contribution is 2.22. The van der Waals surface area contributed by atoms with Crippen LogP contribution >= 0.6 is 24.8 Å². The van der Waals surface area contributed by atoms with E-state index in [0.717, 1.165) is 50.2 Å². The molecular weight excluding hydrogens is 349 g/mol. The maximum atomic E-state index is 12.6. The second kappa shape index (κ2) is 9.25. The SMILES string of the molecule is CCNCC1CCN(C(=O)c2cc3nc(C)ccc3o2)CC1.Cl.Cl. The molecule has 0 aliphatic carbocycles. The first kappa shape index (κ1) is 20.7. The molecule has 0 radical (unpaired) electrons. The van der Waals surface area contributed by atoms with E-state index in [1.165, 1.54) is 0 Å². The van der Waals surface area contributed by atoms with Crippen LogP contribution in [0.15, 0.2) is 22.6 Å². The number of hydrogen-bond acceptors (Lipinski definition) is 4. The number of nitrogens with one attached hydrogen (secondary N) is 1. The third kappa shape index (κ3) is 4.62. The molecule has 7 heteroatoms. The standard InChI is InChI=1S/C17H23N3O2.2ClH/c1-3-18-11-13-6-8-20(9-7-13)17(21)16-10-14-15(22-16)5-4-12(2)19-14;;/h4-5,10,13,18H,3,6-9,11H2,1-2H3;2*1H. The lowest BCUT2D eigenvalue weighted by atomic mass is 9.96. The van der Waals surface area contributed by atoms with Crippen molar-refractivity contribution in [3.63, 3.8) is 0 Å². The molecule has 1 aliphatic rings. The number of piperidine rings is 1. The molecule has 0 bridgehead atoms. The zero-order chi connectivity index (χ0) is 15.5. The van der Waals surface area contributed by atoms with Gasteiger partial charge in [0, 0.05) is 24.8 Å². The van der Waals surface area contributed by atoms with E-state index in [1.54, 1.807) is 6.07 Å². The molecule has 0 spiro atoms. The Morgan fingerprint density at radius 1 is 1.33 bits per heavy atom. The Labute approximate surface area is 155 Å². The van der Waals surface area contributed by atoms with Gasteiger partial charge in [-0.2, -0.15) is 0 Å². The number of aromatic nitrogens is 1. The number of amides is 1. The van der Waals surface area contributed by atoms with Gasteiger partial charge in [-0.05, 0) is 50.9 Å². The maximum absolute atomic E-state index is 12.6. The minimum atomic E-state index is -0.0162. The molecule has 2 aromatic rings.